The van der Waals surface area contributed by atoms with Gasteiger partial charge in [-0.05, 0) is 50.0 Å². The first-order valence-corrected chi connectivity index (χ1v) is 6.16. The molecule has 4 unspecified atom stereocenters. The largest absolute Gasteiger partial charge is 0.330 e. The number of hydrogen-bond acceptors (Lipinski definition) is 2. The number of nitrogens with two attached hydrogens (primary N) is 1. The minimum atomic E-state index is 0.782. The Bertz CT molecular complexity index is 191. The SMILES string of the molecule is CC(C)CC1C(CN)CC2CCC1N2. The van der Waals surface area contributed by atoms with Crippen LogP contribution < -0.4 is 11.1 Å². The van der Waals surface area contributed by atoms with Crippen molar-refractivity contribution in [2.24, 2.45) is 23.5 Å². The van der Waals surface area contributed by atoms with Crippen LogP contribution in [0.5, 0.6) is 0 Å². The van der Waals surface area contributed by atoms with E-state index in [2.05, 4.69) is 19.2 Å². The third kappa shape index (κ3) is 1.96. The van der Waals surface area contributed by atoms with Crippen molar-refractivity contribution in [1.29, 1.82) is 0 Å². The molecular weight excluding hydrogens is 172 g/mol. The second-order valence-electron chi connectivity index (χ2n) is 5.57. The maximum atomic E-state index is 5.89. The molecule has 2 heteroatoms. The van der Waals surface area contributed by atoms with Crippen molar-refractivity contribution in [1.82, 2.24) is 5.32 Å². The zero-order valence-electron chi connectivity index (χ0n) is 9.50. The molecule has 82 valence electrons. The van der Waals surface area contributed by atoms with Crippen LogP contribution in [0.4, 0.5) is 0 Å². The molecule has 2 nitrogen and oxygen atoms in total. The quantitative estimate of drug-likeness (QED) is 0.721. The van der Waals surface area contributed by atoms with E-state index in [4.69, 9.17) is 5.73 Å². The Morgan fingerprint density at radius 2 is 2.14 bits per heavy atom. The molecule has 2 saturated heterocycles. The summed E-state index contributed by atoms with van der Waals surface area (Å²) in [4.78, 5) is 0. The summed E-state index contributed by atoms with van der Waals surface area (Å²) in [7, 11) is 0. The summed E-state index contributed by atoms with van der Waals surface area (Å²) in [6.07, 6.45) is 5.45. The molecule has 0 spiro atoms. The second-order valence-corrected chi connectivity index (χ2v) is 5.57. The molecular formula is C12H24N2. The van der Waals surface area contributed by atoms with Gasteiger partial charge in [0.15, 0.2) is 0 Å². The van der Waals surface area contributed by atoms with Gasteiger partial charge in [0.2, 0.25) is 0 Å². The summed E-state index contributed by atoms with van der Waals surface area (Å²) in [5, 5.41) is 3.75. The van der Waals surface area contributed by atoms with Crippen molar-refractivity contribution in [3.8, 4) is 0 Å². The molecule has 0 radical (unpaired) electrons. The van der Waals surface area contributed by atoms with Crippen LogP contribution in [-0.2, 0) is 0 Å². The normalized spacial score (nSPS) is 42.0. The number of hydrogen-bond donors (Lipinski definition) is 2. The fourth-order valence-corrected chi connectivity index (χ4v) is 3.41. The molecule has 2 heterocycles. The molecule has 2 fully saturated rings. The van der Waals surface area contributed by atoms with Gasteiger partial charge in [-0.3, -0.25) is 0 Å². The van der Waals surface area contributed by atoms with E-state index in [9.17, 15) is 0 Å². The highest BCUT2D eigenvalue weighted by atomic mass is 15.0. The molecule has 2 bridgehead atoms. The van der Waals surface area contributed by atoms with Crippen molar-refractivity contribution < 1.29 is 0 Å². The van der Waals surface area contributed by atoms with E-state index >= 15 is 0 Å². The van der Waals surface area contributed by atoms with E-state index < -0.39 is 0 Å². The molecule has 3 N–H and O–H groups in total. The van der Waals surface area contributed by atoms with Gasteiger partial charge in [-0.15, -0.1) is 0 Å². The van der Waals surface area contributed by atoms with Gasteiger partial charge >= 0.3 is 0 Å². The Kier molecular flexibility index (Phi) is 3.13. The van der Waals surface area contributed by atoms with E-state index in [0.717, 1.165) is 36.4 Å². The molecule has 2 aliphatic rings. The van der Waals surface area contributed by atoms with Gasteiger partial charge < -0.3 is 11.1 Å². The van der Waals surface area contributed by atoms with Crippen LogP contribution in [0.25, 0.3) is 0 Å². The first-order chi connectivity index (χ1) is 6.70. The van der Waals surface area contributed by atoms with Crippen LogP contribution in [-0.4, -0.2) is 18.6 Å². The Morgan fingerprint density at radius 3 is 2.79 bits per heavy atom. The maximum Gasteiger partial charge on any atom is 0.0102 e. The standard InChI is InChI=1S/C12H24N2/c1-8(2)5-11-9(7-13)6-10-3-4-12(11)14-10/h8-12,14H,3-7,13H2,1-2H3. The minimum Gasteiger partial charge on any atom is -0.330 e. The van der Waals surface area contributed by atoms with Gasteiger partial charge in [-0.1, -0.05) is 13.8 Å². The van der Waals surface area contributed by atoms with Crippen LogP contribution in [0, 0.1) is 17.8 Å². The number of nitrogens with one attached hydrogen (secondary N) is 1. The Morgan fingerprint density at radius 1 is 1.36 bits per heavy atom. The van der Waals surface area contributed by atoms with E-state index in [-0.39, 0.29) is 0 Å². The topological polar surface area (TPSA) is 38.0 Å². The van der Waals surface area contributed by atoms with Gasteiger partial charge in [0.1, 0.15) is 0 Å². The van der Waals surface area contributed by atoms with Gasteiger partial charge in [-0.25, -0.2) is 0 Å². The monoisotopic (exact) mass is 196 g/mol. The second kappa shape index (κ2) is 4.19. The molecule has 0 amide bonds. The number of fused-ring (bicyclic) bond motifs is 2. The van der Waals surface area contributed by atoms with Crippen LogP contribution >= 0.6 is 0 Å². The molecule has 4 atom stereocenters. The summed E-state index contributed by atoms with van der Waals surface area (Å²) in [5.74, 6) is 2.45. The first kappa shape index (κ1) is 10.4. The lowest BCUT2D eigenvalue weighted by molar-refractivity contribution is 0.170. The fraction of sp³-hybridized carbons (Fsp3) is 1.00. The third-order valence-electron chi connectivity index (χ3n) is 4.03. The number of piperidine rings is 1. The average Bonchev–Trinajstić information content (AvgIpc) is 2.53. The molecule has 0 aliphatic carbocycles. The van der Waals surface area contributed by atoms with E-state index in [0.29, 0.717) is 0 Å². The van der Waals surface area contributed by atoms with Crippen LogP contribution in [0.2, 0.25) is 0 Å². The highest BCUT2D eigenvalue weighted by Gasteiger charge is 2.40. The minimum absolute atomic E-state index is 0.782. The van der Waals surface area contributed by atoms with Crippen molar-refractivity contribution in [3.63, 3.8) is 0 Å². The molecule has 14 heavy (non-hydrogen) atoms. The Hall–Kier alpha value is -0.0800. The fourth-order valence-electron chi connectivity index (χ4n) is 3.41. The summed E-state index contributed by atoms with van der Waals surface area (Å²) in [6.45, 7) is 5.55. The van der Waals surface area contributed by atoms with Crippen molar-refractivity contribution in [3.05, 3.63) is 0 Å². The lowest BCUT2D eigenvalue weighted by Crippen LogP contribution is -2.47. The summed E-state index contributed by atoms with van der Waals surface area (Å²) in [6, 6.07) is 1.57. The molecule has 0 aromatic heterocycles. The zero-order valence-corrected chi connectivity index (χ0v) is 9.50. The molecule has 0 aromatic carbocycles. The molecule has 2 rings (SSSR count). The predicted molar refractivity (Wildman–Crippen MR) is 60.1 cm³/mol. The van der Waals surface area contributed by atoms with Gasteiger partial charge in [0.05, 0.1) is 0 Å². The van der Waals surface area contributed by atoms with Gasteiger partial charge in [0.25, 0.3) is 0 Å². The summed E-state index contributed by atoms with van der Waals surface area (Å²) >= 11 is 0. The smallest absolute Gasteiger partial charge is 0.0102 e. The molecule has 0 saturated carbocycles. The van der Waals surface area contributed by atoms with Crippen LogP contribution in [0.1, 0.15) is 39.5 Å². The van der Waals surface area contributed by atoms with Gasteiger partial charge in [-0.2, -0.15) is 0 Å². The number of rotatable bonds is 3. The van der Waals surface area contributed by atoms with E-state index in [1.54, 1.807) is 0 Å². The maximum absolute atomic E-state index is 5.89. The van der Waals surface area contributed by atoms with Gasteiger partial charge in [0, 0.05) is 12.1 Å². The van der Waals surface area contributed by atoms with E-state index in [1.165, 1.54) is 25.7 Å². The summed E-state index contributed by atoms with van der Waals surface area (Å²) < 4.78 is 0. The van der Waals surface area contributed by atoms with Crippen molar-refractivity contribution in [2.75, 3.05) is 6.54 Å². The highest BCUT2D eigenvalue weighted by molar-refractivity contribution is 4.97. The molecule has 2 aliphatic heterocycles. The highest BCUT2D eigenvalue weighted by Crippen LogP contribution is 2.38. The van der Waals surface area contributed by atoms with Crippen LogP contribution in [0.3, 0.4) is 0 Å². The predicted octanol–water partition coefficient (Wildman–Crippen LogP) is 1.75. The third-order valence-corrected chi connectivity index (χ3v) is 4.03. The first-order valence-electron chi connectivity index (χ1n) is 6.16. The van der Waals surface area contributed by atoms with Crippen LogP contribution in [0.15, 0.2) is 0 Å². The van der Waals surface area contributed by atoms with Crippen molar-refractivity contribution >= 4 is 0 Å². The lowest BCUT2D eigenvalue weighted by Gasteiger charge is -2.38. The average molecular weight is 196 g/mol. The van der Waals surface area contributed by atoms with Crippen molar-refractivity contribution in [2.45, 2.75) is 51.6 Å². The zero-order chi connectivity index (χ0) is 10.1. The van der Waals surface area contributed by atoms with E-state index in [1.807, 2.05) is 0 Å². The summed E-state index contributed by atoms with van der Waals surface area (Å²) in [5.41, 5.74) is 5.89. The Balaban J connectivity index is 2.02. The molecule has 0 aromatic rings. The Labute approximate surface area is 87.6 Å². The lowest BCUT2D eigenvalue weighted by atomic mass is 9.77.